The first-order valence-electron chi connectivity index (χ1n) is 4.75. The van der Waals surface area contributed by atoms with Crippen LogP contribution < -0.4 is 11.2 Å². The van der Waals surface area contributed by atoms with Crippen molar-refractivity contribution in [1.29, 1.82) is 0 Å². The zero-order valence-electron chi connectivity index (χ0n) is 9.43. The van der Waals surface area contributed by atoms with Crippen molar-refractivity contribution in [1.82, 2.24) is 9.13 Å². The van der Waals surface area contributed by atoms with Crippen molar-refractivity contribution in [3.63, 3.8) is 0 Å². The second-order valence-corrected chi connectivity index (χ2v) is 5.90. The van der Waals surface area contributed by atoms with E-state index in [2.05, 4.69) is 0 Å². The minimum Gasteiger partial charge on any atom is -0.300 e. The van der Waals surface area contributed by atoms with Crippen LogP contribution in [0.2, 0.25) is 0 Å². The number of aromatic nitrogens is 2. The molecule has 1 rings (SSSR count). The third-order valence-electron chi connectivity index (χ3n) is 2.43. The third kappa shape index (κ3) is 2.41. The van der Waals surface area contributed by atoms with Crippen LogP contribution in [0.1, 0.15) is 12.6 Å². The summed E-state index contributed by atoms with van der Waals surface area (Å²) in [4.78, 5) is 22.9. The minimum absolute atomic E-state index is 0.0175. The van der Waals surface area contributed by atoms with Gasteiger partial charge in [0.2, 0.25) is 0 Å². The Hall–Kier alpha value is -1.37. The van der Waals surface area contributed by atoms with Gasteiger partial charge in [-0.3, -0.25) is 13.9 Å². The molecular formula is C9H14N2O4S. The molecule has 0 radical (unpaired) electrons. The molecule has 1 aromatic rings. The lowest BCUT2D eigenvalue weighted by Crippen LogP contribution is -2.38. The molecule has 0 aliphatic heterocycles. The molecule has 0 saturated heterocycles. The molecule has 0 atom stereocenters. The average molecular weight is 246 g/mol. The number of sulfone groups is 1. The Bertz CT molecular complexity index is 609. The highest BCUT2D eigenvalue weighted by Gasteiger charge is 2.13. The quantitative estimate of drug-likeness (QED) is 0.686. The Morgan fingerprint density at radius 3 is 2.25 bits per heavy atom. The van der Waals surface area contributed by atoms with Gasteiger partial charge in [0.25, 0.3) is 5.56 Å². The van der Waals surface area contributed by atoms with Crippen LogP contribution in [0.4, 0.5) is 0 Å². The highest BCUT2D eigenvalue weighted by Crippen LogP contribution is 2.01. The molecule has 0 spiro atoms. The van der Waals surface area contributed by atoms with Crippen LogP contribution >= 0.6 is 0 Å². The molecule has 0 bridgehead atoms. The molecule has 6 nitrogen and oxygen atoms in total. The number of rotatable bonds is 3. The Morgan fingerprint density at radius 1 is 1.19 bits per heavy atom. The fraction of sp³-hybridized carbons (Fsp3) is 0.556. The van der Waals surface area contributed by atoms with Crippen LogP contribution in [0.5, 0.6) is 0 Å². The molecule has 16 heavy (non-hydrogen) atoms. The lowest BCUT2D eigenvalue weighted by atomic mass is 10.4. The van der Waals surface area contributed by atoms with E-state index in [1.54, 1.807) is 0 Å². The number of hydrogen-bond donors (Lipinski definition) is 0. The predicted molar refractivity (Wildman–Crippen MR) is 60.1 cm³/mol. The summed E-state index contributed by atoms with van der Waals surface area (Å²) in [6, 6.07) is 1.18. The van der Waals surface area contributed by atoms with Crippen LogP contribution in [0.15, 0.2) is 15.7 Å². The lowest BCUT2D eigenvalue weighted by molar-refractivity contribution is 0.591. The van der Waals surface area contributed by atoms with Gasteiger partial charge >= 0.3 is 5.69 Å². The minimum atomic E-state index is -3.25. The molecule has 0 amide bonds. The molecule has 0 saturated carbocycles. The summed E-state index contributed by atoms with van der Waals surface area (Å²) in [7, 11) is -0.453. The van der Waals surface area contributed by atoms with Crippen molar-refractivity contribution in [2.24, 2.45) is 14.1 Å². The summed E-state index contributed by atoms with van der Waals surface area (Å²) in [6.07, 6.45) is 0. The maximum Gasteiger partial charge on any atom is 0.330 e. The molecule has 0 aliphatic rings. The Balaban J connectivity index is 3.39. The van der Waals surface area contributed by atoms with Crippen molar-refractivity contribution in [3.8, 4) is 0 Å². The van der Waals surface area contributed by atoms with Crippen LogP contribution in [-0.4, -0.2) is 23.3 Å². The van der Waals surface area contributed by atoms with E-state index < -0.39 is 21.1 Å². The fourth-order valence-corrected chi connectivity index (χ4v) is 2.18. The highest BCUT2D eigenvalue weighted by molar-refractivity contribution is 7.90. The summed E-state index contributed by atoms with van der Waals surface area (Å²) < 4.78 is 24.9. The Morgan fingerprint density at radius 2 is 1.75 bits per heavy atom. The zero-order chi connectivity index (χ0) is 12.5. The summed E-state index contributed by atoms with van der Waals surface area (Å²) >= 11 is 0. The molecular weight excluding hydrogens is 232 g/mol. The Labute approximate surface area is 93.1 Å². The summed E-state index contributed by atoms with van der Waals surface area (Å²) in [6.45, 7) is 1.52. The largest absolute Gasteiger partial charge is 0.330 e. The van der Waals surface area contributed by atoms with Crippen molar-refractivity contribution in [3.05, 3.63) is 32.6 Å². The van der Waals surface area contributed by atoms with Crippen LogP contribution in [0, 0.1) is 0 Å². The monoisotopic (exact) mass is 246 g/mol. The van der Waals surface area contributed by atoms with Crippen molar-refractivity contribution in [2.75, 3.05) is 5.75 Å². The van der Waals surface area contributed by atoms with Gasteiger partial charge < -0.3 is 0 Å². The predicted octanol–water partition coefficient (Wildman–Crippen LogP) is -0.981. The zero-order valence-corrected chi connectivity index (χ0v) is 10.2. The van der Waals surface area contributed by atoms with Crippen LogP contribution in [0.3, 0.4) is 0 Å². The smallest absolute Gasteiger partial charge is 0.300 e. The number of hydrogen-bond acceptors (Lipinski definition) is 4. The van der Waals surface area contributed by atoms with Gasteiger partial charge in [-0.1, -0.05) is 6.92 Å². The third-order valence-corrected chi connectivity index (χ3v) is 4.05. The van der Waals surface area contributed by atoms with Gasteiger partial charge in [0.15, 0.2) is 9.84 Å². The second-order valence-electron chi connectivity index (χ2n) is 3.55. The first-order valence-corrected chi connectivity index (χ1v) is 6.57. The molecule has 0 fully saturated rings. The highest BCUT2D eigenvalue weighted by atomic mass is 32.2. The topological polar surface area (TPSA) is 78.1 Å². The molecule has 7 heteroatoms. The van der Waals surface area contributed by atoms with Gasteiger partial charge in [-0.15, -0.1) is 0 Å². The molecule has 0 aromatic carbocycles. The molecule has 1 aromatic heterocycles. The van der Waals surface area contributed by atoms with E-state index in [1.165, 1.54) is 31.7 Å². The van der Waals surface area contributed by atoms with E-state index in [9.17, 15) is 18.0 Å². The van der Waals surface area contributed by atoms with E-state index in [0.717, 1.165) is 4.57 Å². The van der Waals surface area contributed by atoms with Crippen molar-refractivity contribution in [2.45, 2.75) is 12.7 Å². The molecule has 1 heterocycles. The van der Waals surface area contributed by atoms with Crippen molar-refractivity contribution >= 4 is 9.84 Å². The van der Waals surface area contributed by atoms with Crippen LogP contribution in [-0.2, 0) is 29.7 Å². The molecule has 0 aliphatic carbocycles. The van der Waals surface area contributed by atoms with E-state index in [4.69, 9.17) is 0 Å². The number of nitrogens with zero attached hydrogens (tertiary/aromatic N) is 2. The second kappa shape index (κ2) is 4.25. The Kier molecular flexibility index (Phi) is 3.37. The van der Waals surface area contributed by atoms with Gasteiger partial charge in [-0.25, -0.2) is 13.2 Å². The molecule has 90 valence electrons. The van der Waals surface area contributed by atoms with Gasteiger partial charge in [-0.05, 0) is 0 Å². The van der Waals surface area contributed by atoms with Crippen LogP contribution in [0.25, 0.3) is 0 Å². The molecule has 0 N–H and O–H groups in total. The maximum atomic E-state index is 11.5. The van der Waals surface area contributed by atoms with Gasteiger partial charge in [0.1, 0.15) is 0 Å². The SMILES string of the molecule is CCS(=O)(=O)Cc1cc(=O)n(C)c(=O)n1C. The maximum absolute atomic E-state index is 11.5. The average Bonchev–Trinajstić information content (AvgIpc) is 2.22. The van der Waals surface area contributed by atoms with Crippen molar-refractivity contribution < 1.29 is 8.42 Å². The van der Waals surface area contributed by atoms with Gasteiger partial charge in [0, 0.05) is 31.6 Å². The van der Waals surface area contributed by atoms with E-state index in [0.29, 0.717) is 0 Å². The first-order chi connectivity index (χ1) is 7.28. The molecule has 0 unspecified atom stereocenters. The normalized spacial score (nSPS) is 11.7. The van der Waals surface area contributed by atoms with Gasteiger partial charge in [0.05, 0.1) is 5.75 Å². The van der Waals surface area contributed by atoms with E-state index in [-0.39, 0.29) is 17.2 Å². The summed E-state index contributed by atoms with van der Waals surface area (Å²) in [5.41, 5.74) is -0.798. The fourth-order valence-electron chi connectivity index (χ4n) is 1.24. The van der Waals surface area contributed by atoms with E-state index >= 15 is 0 Å². The lowest BCUT2D eigenvalue weighted by Gasteiger charge is -2.08. The van der Waals surface area contributed by atoms with E-state index in [1.807, 2.05) is 0 Å². The summed E-state index contributed by atoms with van der Waals surface area (Å²) in [5, 5.41) is 0. The summed E-state index contributed by atoms with van der Waals surface area (Å²) in [5.74, 6) is -0.304. The standard InChI is InChI=1S/C9H14N2O4S/c1-4-16(14,15)6-7-5-8(12)11(3)9(13)10(7)2/h5H,4,6H2,1-3H3. The van der Waals surface area contributed by atoms with Gasteiger partial charge in [-0.2, -0.15) is 0 Å². The first kappa shape index (κ1) is 12.7.